The lowest BCUT2D eigenvalue weighted by Crippen LogP contribution is -2.43. The summed E-state index contributed by atoms with van der Waals surface area (Å²) in [5.74, 6) is -0.0455. The van der Waals surface area contributed by atoms with Gasteiger partial charge < -0.3 is 15.4 Å². The second kappa shape index (κ2) is 10.6. The Morgan fingerprint density at radius 3 is 2.76 bits per heavy atom. The van der Waals surface area contributed by atoms with E-state index in [-0.39, 0.29) is 30.4 Å². The summed E-state index contributed by atoms with van der Waals surface area (Å²) >= 11 is 1.12. The Hall–Kier alpha value is -3.19. The van der Waals surface area contributed by atoms with Crippen molar-refractivity contribution >= 4 is 35.0 Å². The van der Waals surface area contributed by atoms with Crippen molar-refractivity contribution in [3.63, 3.8) is 0 Å². The fraction of sp³-hybridized carbons (Fsp3) is 0.500. The molecule has 0 aliphatic carbocycles. The molecule has 0 radical (unpaired) electrons. The SMILES string of the molecule is CCCCn1c(N)c(N(CCOC)C(=O)CSc2nc3nc(C)cc(C)n3n2)c(=O)[nH]c1=O. The van der Waals surface area contributed by atoms with Crippen LogP contribution in [-0.2, 0) is 16.1 Å². The van der Waals surface area contributed by atoms with Gasteiger partial charge >= 0.3 is 5.69 Å². The molecule has 0 bridgehead atoms. The first-order valence-corrected chi connectivity index (χ1v) is 11.5. The minimum absolute atomic E-state index is 0.0483. The number of carbonyl (C=O) groups is 1. The Bertz CT molecular complexity index is 1270. The number of aromatic nitrogens is 6. The molecule has 12 nitrogen and oxygen atoms in total. The quantitative estimate of drug-likeness (QED) is 0.403. The summed E-state index contributed by atoms with van der Waals surface area (Å²) in [5, 5.41) is 4.77. The molecular weight excluding hydrogens is 448 g/mol. The first-order valence-electron chi connectivity index (χ1n) is 10.5. The molecule has 0 saturated carbocycles. The van der Waals surface area contributed by atoms with Gasteiger partial charge in [0.05, 0.1) is 12.4 Å². The third-order valence-corrected chi connectivity index (χ3v) is 5.79. The minimum atomic E-state index is -0.721. The number of nitrogens with zero attached hydrogens (tertiary/aromatic N) is 6. The third kappa shape index (κ3) is 5.42. The van der Waals surface area contributed by atoms with Gasteiger partial charge in [0, 0.05) is 31.6 Å². The predicted octanol–water partition coefficient (Wildman–Crippen LogP) is 0.745. The lowest BCUT2D eigenvalue weighted by molar-refractivity contribution is -0.116. The second-order valence-electron chi connectivity index (χ2n) is 7.47. The number of H-pyrrole nitrogens is 1. The molecule has 178 valence electrons. The summed E-state index contributed by atoms with van der Waals surface area (Å²) in [7, 11) is 1.49. The Balaban J connectivity index is 1.89. The van der Waals surface area contributed by atoms with Crippen LogP contribution in [0.2, 0.25) is 0 Å². The lowest BCUT2D eigenvalue weighted by Gasteiger charge is -2.24. The number of aryl methyl sites for hydroxylation is 2. The number of rotatable bonds is 10. The number of thioether (sulfide) groups is 1. The van der Waals surface area contributed by atoms with E-state index in [9.17, 15) is 14.4 Å². The van der Waals surface area contributed by atoms with Crippen LogP contribution in [-0.4, -0.2) is 61.1 Å². The van der Waals surface area contributed by atoms with Gasteiger partial charge in [-0.2, -0.15) is 4.98 Å². The van der Waals surface area contributed by atoms with Gasteiger partial charge in [0.25, 0.3) is 11.3 Å². The number of methoxy groups -OCH3 is 1. The number of aromatic amines is 1. The number of anilines is 2. The van der Waals surface area contributed by atoms with E-state index in [1.807, 2.05) is 26.8 Å². The second-order valence-corrected chi connectivity index (χ2v) is 8.41. The molecule has 13 heteroatoms. The highest BCUT2D eigenvalue weighted by Gasteiger charge is 2.24. The largest absolute Gasteiger partial charge is 0.383 e. The average molecular weight is 477 g/mol. The van der Waals surface area contributed by atoms with E-state index in [1.165, 1.54) is 16.6 Å². The van der Waals surface area contributed by atoms with Crippen LogP contribution in [0.25, 0.3) is 5.78 Å². The smallest absolute Gasteiger partial charge is 0.330 e. The first-order chi connectivity index (χ1) is 15.8. The minimum Gasteiger partial charge on any atom is -0.383 e. The van der Waals surface area contributed by atoms with Crippen LogP contribution in [0.3, 0.4) is 0 Å². The van der Waals surface area contributed by atoms with Gasteiger partial charge in [-0.1, -0.05) is 25.1 Å². The van der Waals surface area contributed by atoms with Crippen molar-refractivity contribution in [3.8, 4) is 0 Å². The maximum absolute atomic E-state index is 13.1. The van der Waals surface area contributed by atoms with Crippen molar-refractivity contribution in [1.82, 2.24) is 29.1 Å². The highest BCUT2D eigenvalue weighted by Crippen LogP contribution is 2.21. The molecule has 33 heavy (non-hydrogen) atoms. The molecule has 3 rings (SSSR count). The normalized spacial score (nSPS) is 11.3. The zero-order chi connectivity index (χ0) is 24.1. The number of amides is 1. The van der Waals surface area contributed by atoms with Gasteiger partial charge in [-0.15, -0.1) is 5.10 Å². The fourth-order valence-corrected chi connectivity index (χ4v) is 4.03. The van der Waals surface area contributed by atoms with Crippen LogP contribution in [0.4, 0.5) is 11.5 Å². The maximum Gasteiger partial charge on any atom is 0.330 e. The summed E-state index contributed by atoms with van der Waals surface area (Å²) in [5.41, 5.74) is 6.49. The Morgan fingerprint density at radius 2 is 2.06 bits per heavy atom. The standard InChI is InChI=1S/C20H28N8O4S/c1-5-6-7-27-16(21)15(17(30)23-20(27)31)26(8-9-32-4)14(29)11-33-19-24-18-22-12(2)10-13(3)28(18)25-19/h10H,5-9,11,21H2,1-4H3,(H,23,30,31). The number of nitrogens with two attached hydrogens (primary N) is 1. The Kier molecular flexibility index (Phi) is 7.87. The van der Waals surface area contributed by atoms with E-state index in [4.69, 9.17) is 10.5 Å². The van der Waals surface area contributed by atoms with Crippen molar-refractivity contribution in [2.45, 2.75) is 45.3 Å². The van der Waals surface area contributed by atoms with E-state index in [0.29, 0.717) is 23.9 Å². The number of hydrogen-bond donors (Lipinski definition) is 2. The summed E-state index contributed by atoms with van der Waals surface area (Å²) in [6.07, 6.45) is 1.53. The zero-order valence-corrected chi connectivity index (χ0v) is 19.9. The van der Waals surface area contributed by atoms with E-state index in [2.05, 4.69) is 20.1 Å². The van der Waals surface area contributed by atoms with Crippen LogP contribution in [0.5, 0.6) is 0 Å². The topological polar surface area (TPSA) is 153 Å². The molecule has 0 aliphatic heterocycles. The Morgan fingerprint density at radius 1 is 1.30 bits per heavy atom. The summed E-state index contributed by atoms with van der Waals surface area (Å²) in [4.78, 5) is 50.2. The molecule has 3 N–H and O–H groups in total. The first kappa shape index (κ1) is 24.5. The van der Waals surface area contributed by atoms with E-state index >= 15 is 0 Å². The highest BCUT2D eigenvalue weighted by atomic mass is 32.2. The summed E-state index contributed by atoms with van der Waals surface area (Å²) in [6, 6.07) is 1.89. The monoisotopic (exact) mass is 476 g/mol. The van der Waals surface area contributed by atoms with Crippen molar-refractivity contribution < 1.29 is 9.53 Å². The Labute approximate surface area is 194 Å². The zero-order valence-electron chi connectivity index (χ0n) is 19.1. The van der Waals surface area contributed by atoms with Gasteiger partial charge in [-0.05, 0) is 26.3 Å². The van der Waals surface area contributed by atoms with Crippen molar-refractivity contribution in [2.24, 2.45) is 0 Å². The van der Waals surface area contributed by atoms with Crippen LogP contribution >= 0.6 is 11.8 Å². The van der Waals surface area contributed by atoms with E-state index in [0.717, 1.165) is 29.6 Å². The molecule has 0 aromatic carbocycles. The van der Waals surface area contributed by atoms with Gasteiger partial charge in [0.15, 0.2) is 5.69 Å². The molecule has 0 unspecified atom stereocenters. The third-order valence-electron chi connectivity index (χ3n) is 4.96. The number of nitrogens with one attached hydrogen (secondary N) is 1. The number of ether oxygens (including phenoxy) is 1. The number of unbranched alkanes of at least 4 members (excludes halogenated alkanes) is 1. The fourth-order valence-electron chi connectivity index (χ4n) is 3.33. The van der Waals surface area contributed by atoms with Crippen LogP contribution in [0.15, 0.2) is 20.8 Å². The van der Waals surface area contributed by atoms with Crippen LogP contribution in [0, 0.1) is 13.8 Å². The molecule has 1 amide bonds. The molecule has 0 fully saturated rings. The maximum atomic E-state index is 13.1. The molecular formula is C20H28N8O4S. The van der Waals surface area contributed by atoms with Gasteiger partial charge in [-0.3, -0.25) is 19.1 Å². The molecule has 0 spiro atoms. The van der Waals surface area contributed by atoms with Crippen LogP contribution in [0.1, 0.15) is 31.2 Å². The van der Waals surface area contributed by atoms with Crippen molar-refractivity contribution in [1.29, 1.82) is 0 Å². The van der Waals surface area contributed by atoms with Crippen molar-refractivity contribution in [3.05, 3.63) is 38.3 Å². The van der Waals surface area contributed by atoms with Gasteiger partial charge in [0.2, 0.25) is 11.1 Å². The molecule has 0 saturated heterocycles. The number of nitrogen functional groups attached to an aromatic ring is 1. The number of fused-ring (bicyclic) bond motifs is 1. The predicted molar refractivity (Wildman–Crippen MR) is 126 cm³/mol. The summed E-state index contributed by atoms with van der Waals surface area (Å²) in [6.45, 7) is 6.35. The molecule has 0 aliphatic rings. The molecule has 3 aromatic rings. The van der Waals surface area contributed by atoms with Gasteiger partial charge in [0.1, 0.15) is 5.82 Å². The molecule has 3 aromatic heterocycles. The number of hydrogen-bond acceptors (Lipinski definition) is 9. The average Bonchev–Trinajstić information content (AvgIpc) is 3.17. The highest BCUT2D eigenvalue weighted by molar-refractivity contribution is 7.99. The summed E-state index contributed by atoms with van der Waals surface area (Å²) < 4.78 is 8.00. The van der Waals surface area contributed by atoms with Gasteiger partial charge in [-0.25, -0.2) is 14.3 Å². The molecule has 0 atom stereocenters. The molecule has 3 heterocycles. The van der Waals surface area contributed by atoms with E-state index in [1.54, 1.807) is 4.52 Å². The number of carbonyl (C=O) groups excluding carboxylic acids is 1. The van der Waals surface area contributed by atoms with Crippen LogP contribution < -0.4 is 21.9 Å². The lowest BCUT2D eigenvalue weighted by atomic mass is 10.3. The van der Waals surface area contributed by atoms with E-state index < -0.39 is 17.2 Å². The van der Waals surface area contributed by atoms with Crippen molar-refractivity contribution in [2.75, 3.05) is 36.6 Å².